The fourth-order valence-corrected chi connectivity index (χ4v) is 5.57. The third kappa shape index (κ3) is 4.22. The second-order valence-corrected chi connectivity index (χ2v) is 9.71. The molecule has 0 spiro atoms. The van der Waals surface area contributed by atoms with Crippen LogP contribution in [-0.4, -0.2) is 33.8 Å². The van der Waals surface area contributed by atoms with Crippen LogP contribution in [0.4, 0.5) is 10.2 Å². The van der Waals surface area contributed by atoms with Gasteiger partial charge in [0, 0.05) is 37.1 Å². The SMILES string of the molecule is Cn1nccc1[C@H]1CCC[C@@]1(C)Oc1cc(Cl)c(S(=O)(=O)Nc2ccncn2)cc1F. The molecule has 1 aliphatic rings. The molecule has 11 heteroatoms. The average Bonchev–Trinajstić information content (AvgIpc) is 3.29. The number of rotatable bonds is 6. The molecule has 2 heterocycles. The monoisotopic (exact) mass is 465 g/mol. The van der Waals surface area contributed by atoms with Gasteiger partial charge in [-0.1, -0.05) is 11.6 Å². The summed E-state index contributed by atoms with van der Waals surface area (Å²) in [7, 11) is -2.30. The van der Waals surface area contributed by atoms with Crippen molar-refractivity contribution >= 4 is 27.4 Å². The second kappa shape index (κ2) is 8.08. The van der Waals surface area contributed by atoms with Crippen molar-refractivity contribution in [2.75, 3.05) is 4.72 Å². The summed E-state index contributed by atoms with van der Waals surface area (Å²) >= 11 is 6.23. The third-order valence-corrected chi connectivity index (χ3v) is 7.38. The summed E-state index contributed by atoms with van der Waals surface area (Å²) in [6.45, 7) is 1.92. The molecule has 164 valence electrons. The van der Waals surface area contributed by atoms with Gasteiger partial charge in [-0.3, -0.25) is 9.40 Å². The van der Waals surface area contributed by atoms with Crippen LogP contribution in [0.5, 0.6) is 5.75 Å². The smallest absolute Gasteiger partial charge is 0.264 e. The predicted molar refractivity (Wildman–Crippen MR) is 113 cm³/mol. The van der Waals surface area contributed by atoms with Gasteiger partial charge in [0.1, 0.15) is 22.6 Å². The maximum absolute atomic E-state index is 15.0. The van der Waals surface area contributed by atoms with Gasteiger partial charge < -0.3 is 4.74 Å². The van der Waals surface area contributed by atoms with Crippen molar-refractivity contribution in [3.63, 3.8) is 0 Å². The van der Waals surface area contributed by atoms with E-state index >= 15 is 0 Å². The van der Waals surface area contributed by atoms with Gasteiger partial charge in [-0.05, 0) is 44.4 Å². The number of hydrogen-bond donors (Lipinski definition) is 1. The highest BCUT2D eigenvalue weighted by Gasteiger charge is 2.43. The minimum absolute atomic E-state index is 0.0148. The summed E-state index contributed by atoms with van der Waals surface area (Å²) in [5, 5.41) is 4.07. The van der Waals surface area contributed by atoms with Gasteiger partial charge in [-0.2, -0.15) is 5.10 Å². The molecule has 1 aliphatic carbocycles. The van der Waals surface area contributed by atoms with Gasteiger partial charge >= 0.3 is 0 Å². The minimum Gasteiger partial charge on any atom is -0.484 e. The van der Waals surface area contributed by atoms with Crippen LogP contribution in [0.1, 0.15) is 37.8 Å². The van der Waals surface area contributed by atoms with E-state index in [2.05, 4.69) is 19.8 Å². The Morgan fingerprint density at radius 1 is 1.32 bits per heavy atom. The van der Waals surface area contributed by atoms with Crippen molar-refractivity contribution in [3.05, 3.63) is 59.5 Å². The molecule has 0 aliphatic heterocycles. The molecule has 0 radical (unpaired) electrons. The van der Waals surface area contributed by atoms with E-state index in [1.54, 1.807) is 10.9 Å². The zero-order valence-corrected chi connectivity index (χ0v) is 18.5. The van der Waals surface area contributed by atoms with E-state index in [0.29, 0.717) is 0 Å². The number of benzene rings is 1. The van der Waals surface area contributed by atoms with Crippen molar-refractivity contribution < 1.29 is 17.5 Å². The zero-order valence-electron chi connectivity index (χ0n) is 16.9. The molecule has 0 saturated heterocycles. The number of aryl methyl sites for hydroxylation is 1. The first-order valence-corrected chi connectivity index (χ1v) is 11.5. The van der Waals surface area contributed by atoms with E-state index in [9.17, 15) is 12.8 Å². The highest BCUT2D eigenvalue weighted by atomic mass is 35.5. The molecule has 1 N–H and O–H groups in total. The van der Waals surface area contributed by atoms with Crippen LogP contribution in [0, 0.1) is 5.82 Å². The molecule has 2 aromatic heterocycles. The summed E-state index contributed by atoms with van der Waals surface area (Å²) in [4.78, 5) is 7.12. The highest BCUT2D eigenvalue weighted by molar-refractivity contribution is 7.92. The van der Waals surface area contributed by atoms with Crippen LogP contribution in [-0.2, 0) is 17.1 Å². The number of anilines is 1. The minimum atomic E-state index is -4.16. The van der Waals surface area contributed by atoms with E-state index in [1.807, 2.05) is 20.0 Å². The Hall–Kier alpha value is -2.72. The number of nitrogens with zero attached hydrogens (tertiary/aromatic N) is 4. The second-order valence-electron chi connectivity index (χ2n) is 7.65. The van der Waals surface area contributed by atoms with E-state index in [4.69, 9.17) is 16.3 Å². The first-order chi connectivity index (χ1) is 14.7. The maximum Gasteiger partial charge on any atom is 0.264 e. The summed E-state index contributed by atoms with van der Waals surface area (Å²) in [6, 6.07) is 5.36. The Kier molecular flexibility index (Phi) is 5.61. The van der Waals surface area contributed by atoms with Crippen LogP contribution in [0.2, 0.25) is 5.02 Å². The molecule has 3 aromatic rings. The summed E-state index contributed by atoms with van der Waals surface area (Å²) in [5.74, 6) is -0.850. The number of nitrogens with one attached hydrogen (secondary N) is 1. The molecule has 2 atom stereocenters. The van der Waals surface area contributed by atoms with Gasteiger partial charge in [-0.15, -0.1) is 0 Å². The standard InChI is InChI=1S/C20H21ClFN5O3S/c1-20(7-3-4-13(20)16-5-9-25-27(16)2)30-17-10-14(21)18(11-15(17)22)31(28,29)26-19-6-8-23-12-24-19/h5-6,8-13H,3-4,7H2,1-2H3,(H,23,24,26)/t13-,20-/m1/s1. The first kappa shape index (κ1) is 21.5. The van der Waals surface area contributed by atoms with Crippen molar-refractivity contribution in [3.8, 4) is 5.75 Å². The van der Waals surface area contributed by atoms with Gasteiger partial charge in [-0.25, -0.2) is 22.8 Å². The molecule has 31 heavy (non-hydrogen) atoms. The molecule has 1 saturated carbocycles. The van der Waals surface area contributed by atoms with Gasteiger partial charge in [0.05, 0.1) is 5.02 Å². The Morgan fingerprint density at radius 3 is 2.81 bits per heavy atom. The van der Waals surface area contributed by atoms with E-state index < -0.39 is 26.3 Å². The Balaban J connectivity index is 1.62. The van der Waals surface area contributed by atoms with Crippen molar-refractivity contribution in [2.24, 2.45) is 7.05 Å². The van der Waals surface area contributed by atoms with Gasteiger partial charge in [0.15, 0.2) is 11.6 Å². The van der Waals surface area contributed by atoms with Crippen LogP contribution < -0.4 is 9.46 Å². The van der Waals surface area contributed by atoms with Crippen molar-refractivity contribution in [1.82, 2.24) is 19.7 Å². The molecule has 4 rings (SSSR count). The Morgan fingerprint density at radius 2 is 2.13 bits per heavy atom. The molecule has 0 unspecified atom stereocenters. The Bertz CT molecular complexity index is 1200. The molecule has 1 fully saturated rings. The lowest BCUT2D eigenvalue weighted by Gasteiger charge is -2.33. The van der Waals surface area contributed by atoms with Crippen molar-refractivity contribution in [2.45, 2.75) is 42.6 Å². The molecular formula is C20H21ClFN5O3S. The number of halogens is 2. The maximum atomic E-state index is 15.0. The fourth-order valence-electron chi connectivity index (χ4n) is 4.03. The molecule has 8 nitrogen and oxygen atoms in total. The fraction of sp³-hybridized carbons (Fsp3) is 0.350. The Labute approximate surface area is 184 Å². The summed E-state index contributed by atoms with van der Waals surface area (Å²) in [5.41, 5.74) is 0.317. The number of ether oxygens (including phenoxy) is 1. The van der Waals surface area contributed by atoms with Gasteiger partial charge in [0.25, 0.3) is 10.0 Å². The topological polar surface area (TPSA) is 99.0 Å². The summed E-state index contributed by atoms with van der Waals surface area (Å²) < 4.78 is 50.4. The summed E-state index contributed by atoms with van der Waals surface area (Å²) in [6.07, 6.45) is 6.80. The van der Waals surface area contributed by atoms with E-state index in [-0.39, 0.29) is 22.5 Å². The lowest BCUT2D eigenvalue weighted by molar-refractivity contribution is 0.0704. The number of sulfonamides is 1. The van der Waals surface area contributed by atoms with E-state index in [0.717, 1.165) is 31.0 Å². The first-order valence-electron chi connectivity index (χ1n) is 9.64. The predicted octanol–water partition coefficient (Wildman–Crippen LogP) is 3.91. The lowest BCUT2D eigenvalue weighted by Crippen LogP contribution is -2.36. The quantitative estimate of drug-likeness (QED) is 0.592. The lowest BCUT2D eigenvalue weighted by atomic mass is 9.89. The third-order valence-electron chi connectivity index (χ3n) is 5.56. The van der Waals surface area contributed by atoms with Gasteiger partial charge in [0.2, 0.25) is 0 Å². The number of aromatic nitrogens is 4. The van der Waals surface area contributed by atoms with Crippen LogP contribution in [0.25, 0.3) is 0 Å². The zero-order chi connectivity index (χ0) is 22.2. The molecule has 0 bridgehead atoms. The van der Waals surface area contributed by atoms with Crippen molar-refractivity contribution in [1.29, 1.82) is 0 Å². The number of hydrogen-bond acceptors (Lipinski definition) is 6. The molecule has 0 amide bonds. The molecular weight excluding hydrogens is 445 g/mol. The largest absolute Gasteiger partial charge is 0.484 e. The highest BCUT2D eigenvalue weighted by Crippen LogP contribution is 2.46. The van der Waals surface area contributed by atoms with Crippen LogP contribution >= 0.6 is 11.6 Å². The molecule has 1 aromatic carbocycles. The normalized spacial score (nSPS) is 21.2. The average molecular weight is 466 g/mol. The van der Waals surface area contributed by atoms with E-state index in [1.165, 1.54) is 24.7 Å². The van der Waals surface area contributed by atoms with Crippen LogP contribution in [0.3, 0.4) is 0 Å². The van der Waals surface area contributed by atoms with Crippen LogP contribution in [0.15, 0.2) is 47.9 Å².